The topological polar surface area (TPSA) is 75.9 Å². The number of nitrogens with zero attached hydrogens (tertiary/aromatic N) is 4. The van der Waals surface area contributed by atoms with E-state index >= 15 is 0 Å². The maximum atomic E-state index is 9.73. The molecule has 0 unspecified atom stereocenters. The molecule has 118 valence electrons. The molecular weight excluding hydrogens is 322 g/mol. The molecule has 7 heteroatoms. The zero-order valence-electron chi connectivity index (χ0n) is 12.6. The second-order valence-electron chi connectivity index (χ2n) is 5.63. The van der Waals surface area contributed by atoms with Crippen LogP contribution in [0.4, 0.5) is 5.95 Å². The number of rotatable bonds is 2. The number of pyridine rings is 1. The SMILES string of the molecule is Oc1cccc(-c2nc3n(c2-c2ccc4ncsc4c2)CCN3)n1. The lowest BCUT2D eigenvalue weighted by Crippen LogP contribution is -1.99. The lowest BCUT2D eigenvalue weighted by atomic mass is 10.1. The summed E-state index contributed by atoms with van der Waals surface area (Å²) in [5, 5.41) is 13.0. The number of aromatic hydroxyl groups is 1. The van der Waals surface area contributed by atoms with Crippen LogP contribution in [-0.2, 0) is 6.54 Å². The van der Waals surface area contributed by atoms with Gasteiger partial charge in [0.05, 0.1) is 27.1 Å². The molecule has 0 aliphatic carbocycles. The van der Waals surface area contributed by atoms with Crippen LogP contribution < -0.4 is 5.32 Å². The zero-order chi connectivity index (χ0) is 16.1. The Morgan fingerprint density at radius 1 is 1.17 bits per heavy atom. The Morgan fingerprint density at radius 3 is 3.04 bits per heavy atom. The van der Waals surface area contributed by atoms with Gasteiger partial charge in [0, 0.05) is 24.7 Å². The molecule has 0 radical (unpaired) electrons. The summed E-state index contributed by atoms with van der Waals surface area (Å²) in [5.74, 6) is 0.840. The summed E-state index contributed by atoms with van der Waals surface area (Å²) in [4.78, 5) is 13.3. The largest absolute Gasteiger partial charge is 0.493 e. The fraction of sp³-hybridized carbons (Fsp3) is 0.118. The predicted octanol–water partition coefficient (Wildman–Crippen LogP) is 3.35. The minimum atomic E-state index is -0.00234. The van der Waals surface area contributed by atoms with Crippen molar-refractivity contribution < 1.29 is 5.11 Å². The van der Waals surface area contributed by atoms with Crippen LogP contribution in [0.1, 0.15) is 0 Å². The second-order valence-corrected chi connectivity index (χ2v) is 6.51. The summed E-state index contributed by atoms with van der Waals surface area (Å²) in [5.41, 5.74) is 6.39. The first kappa shape index (κ1) is 13.5. The van der Waals surface area contributed by atoms with Gasteiger partial charge in [0.2, 0.25) is 11.8 Å². The molecule has 0 amide bonds. The van der Waals surface area contributed by atoms with Crippen LogP contribution >= 0.6 is 11.3 Å². The molecule has 24 heavy (non-hydrogen) atoms. The standard InChI is InChI=1S/C17H13N5OS/c23-14-3-1-2-12(20-14)15-16(22-7-6-18-17(22)21-15)10-4-5-11-13(8-10)24-9-19-11/h1-5,8-9H,6-7H2,(H,18,21)(H,20,23). The molecule has 3 aromatic heterocycles. The molecule has 4 aromatic rings. The highest BCUT2D eigenvalue weighted by molar-refractivity contribution is 7.16. The first-order valence-electron chi connectivity index (χ1n) is 7.64. The van der Waals surface area contributed by atoms with Gasteiger partial charge in [-0.2, -0.15) is 0 Å². The van der Waals surface area contributed by atoms with E-state index in [0.717, 1.165) is 46.2 Å². The van der Waals surface area contributed by atoms with Gasteiger partial charge in [0.1, 0.15) is 5.69 Å². The predicted molar refractivity (Wildman–Crippen MR) is 94.2 cm³/mol. The van der Waals surface area contributed by atoms with Gasteiger partial charge in [-0.15, -0.1) is 11.3 Å². The van der Waals surface area contributed by atoms with Gasteiger partial charge >= 0.3 is 0 Å². The summed E-state index contributed by atoms with van der Waals surface area (Å²) in [6, 6.07) is 11.5. The van der Waals surface area contributed by atoms with Crippen molar-refractivity contribution >= 4 is 27.5 Å². The monoisotopic (exact) mass is 335 g/mol. The second kappa shape index (κ2) is 5.04. The lowest BCUT2D eigenvalue weighted by Gasteiger charge is -2.08. The van der Waals surface area contributed by atoms with E-state index in [9.17, 15) is 5.11 Å². The molecular formula is C17H13N5OS. The molecule has 0 spiro atoms. The molecule has 0 atom stereocenters. The van der Waals surface area contributed by atoms with Crippen LogP contribution in [0.5, 0.6) is 5.88 Å². The molecule has 4 heterocycles. The van der Waals surface area contributed by atoms with Crippen LogP contribution in [0.15, 0.2) is 41.9 Å². The van der Waals surface area contributed by atoms with Gasteiger partial charge in [0.25, 0.3) is 0 Å². The van der Waals surface area contributed by atoms with Crippen molar-refractivity contribution in [1.82, 2.24) is 19.5 Å². The lowest BCUT2D eigenvalue weighted by molar-refractivity contribution is 0.454. The van der Waals surface area contributed by atoms with Crippen LogP contribution in [0.2, 0.25) is 0 Å². The van der Waals surface area contributed by atoms with E-state index in [1.807, 2.05) is 17.6 Å². The van der Waals surface area contributed by atoms with Crippen molar-refractivity contribution in [3.05, 3.63) is 41.9 Å². The number of imidazole rings is 1. The Kier molecular flexibility index (Phi) is 2.83. The zero-order valence-corrected chi connectivity index (χ0v) is 13.4. The summed E-state index contributed by atoms with van der Waals surface area (Å²) < 4.78 is 3.31. The van der Waals surface area contributed by atoms with E-state index in [2.05, 4.69) is 32.0 Å². The average molecular weight is 335 g/mol. The highest BCUT2D eigenvalue weighted by Gasteiger charge is 2.24. The number of thiazole rings is 1. The molecule has 6 nitrogen and oxygen atoms in total. The van der Waals surface area contributed by atoms with Gasteiger partial charge < -0.3 is 15.0 Å². The van der Waals surface area contributed by atoms with Gasteiger partial charge in [0.15, 0.2) is 0 Å². The molecule has 1 aliphatic heterocycles. The molecule has 0 saturated heterocycles. The van der Waals surface area contributed by atoms with Crippen molar-refractivity contribution in [1.29, 1.82) is 0 Å². The van der Waals surface area contributed by atoms with Crippen molar-refractivity contribution in [2.45, 2.75) is 6.54 Å². The Balaban J connectivity index is 1.77. The molecule has 0 saturated carbocycles. The number of anilines is 1. The van der Waals surface area contributed by atoms with Gasteiger partial charge in [-0.3, -0.25) is 0 Å². The van der Waals surface area contributed by atoms with E-state index in [1.165, 1.54) is 0 Å². The molecule has 1 aliphatic rings. The quantitative estimate of drug-likeness (QED) is 0.587. The van der Waals surface area contributed by atoms with Crippen LogP contribution in [0.25, 0.3) is 32.9 Å². The van der Waals surface area contributed by atoms with Gasteiger partial charge in [-0.25, -0.2) is 15.0 Å². The minimum Gasteiger partial charge on any atom is -0.493 e. The van der Waals surface area contributed by atoms with E-state index in [4.69, 9.17) is 4.98 Å². The first-order valence-corrected chi connectivity index (χ1v) is 8.52. The molecule has 2 N–H and O–H groups in total. The first-order chi connectivity index (χ1) is 11.8. The van der Waals surface area contributed by atoms with Crippen LogP contribution in [-0.4, -0.2) is 31.2 Å². The van der Waals surface area contributed by atoms with Gasteiger partial charge in [-0.1, -0.05) is 12.1 Å². The maximum Gasteiger partial charge on any atom is 0.211 e. The number of fused-ring (bicyclic) bond motifs is 2. The molecule has 5 rings (SSSR count). The Morgan fingerprint density at radius 2 is 2.12 bits per heavy atom. The Labute approximate surface area is 141 Å². The number of hydrogen-bond donors (Lipinski definition) is 2. The fourth-order valence-corrected chi connectivity index (χ4v) is 3.83. The smallest absolute Gasteiger partial charge is 0.211 e. The van der Waals surface area contributed by atoms with Crippen molar-refractivity contribution in [3.63, 3.8) is 0 Å². The van der Waals surface area contributed by atoms with E-state index < -0.39 is 0 Å². The van der Waals surface area contributed by atoms with Crippen LogP contribution in [0.3, 0.4) is 0 Å². The average Bonchev–Trinajstić information content (AvgIpc) is 3.29. The summed E-state index contributed by atoms with van der Waals surface area (Å²) >= 11 is 1.62. The minimum absolute atomic E-state index is 0.00234. The van der Waals surface area contributed by atoms with E-state index in [0.29, 0.717) is 5.69 Å². The third kappa shape index (κ3) is 1.98. The van der Waals surface area contributed by atoms with Crippen molar-refractivity contribution in [3.8, 4) is 28.5 Å². The number of hydrogen-bond acceptors (Lipinski definition) is 6. The van der Waals surface area contributed by atoms with Gasteiger partial charge in [-0.05, 0) is 18.2 Å². The number of aromatic nitrogens is 4. The third-order valence-electron chi connectivity index (χ3n) is 4.17. The van der Waals surface area contributed by atoms with Crippen molar-refractivity contribution in [2.75, 3.05) is 11.9 Å². The summed E-state index contributed by atoms with van der Waals surface area (Å²) in [6.07, 6.45) is 0. The van der Waals surface area contributed by atoms with Crippen LogP contribution in [0, 0.1) is 0 Å². The fourth-order valence-electron chi connectivity index (χ4n) is 3.11. The molecule has 1 aromatic carbocycles. The highest BCUT2D eigenvalue weighted by atomic mass is 32.1. The Hall–Kier alpha value is -2.93. The molecule has 0 fully saturated rings. The summed E-state index contributed by atoms with van der Waals surface area (Å²) in [6.45, 7) is 1.73. The Bertz CT molecular complexity index is 1070. The third-order valence-corrected chi connectivity index (χ3v) is 4.96. The number of nitrogens with one attached hydrogen (secondary N) is 1. The maximum absolute atomic E-state index is 9.73. The summed E-state index contributed by atoms with van der Waals surface area (Å²) in [7, 11) is 0. The highest BCUT2D eigenvalue weighted by Crippen LogP contribution is 2.37. The van der Waals surface area contributed by atoms with E-state index in [1.54, 1.807) is 23.5 Å². The normalized spacial score (nSPS) is 13.2. The van der Waals surface area contributed by atoms with Crippen molar-refractivity contribution in [2.24, 2.45) is 0 Å². The number of benzene rings is 1. The molecule has 0 bridgehead atoms. The van der Waals surface area contributed by atoms with E-state index in [-0.39, 0.29) is 5.88 Å².